The maximum absolute atomic E-state index is 11.2. The summed E-state index contributed by atoms with van der Waals surface area (Å²) in [5.74, 6) is 0. The number of nitrogens with zero attached hydrogens (tertiary/aromatic N) is 2. The molecule has 1 unspecified atom stereocenters. The van der Waals surface area contributed by atoms with Gasteiger partial charge in [0.25, 0.3) is 5.69 Å². The largest absolute Gasteiger partial charge is 0.269 e. The molecule has 1 atom stereocenters. The van der Waals surface area contributed by atoms with Gasteiger partial charge in [-0.15, -0.1) is 0 Å². The van der Waals surface area contributed by atoms with Gasteiger partial charge in [-0.25, -0.2) is 5.06 Å². The fourth-order valence-corrected chi connectivity index (χ4v) is 4.43. The van der Waals surface area contributed by atoms with Crippen LogP contribution in [-0.2, 0) is 10.4 Å². The molecule has 0 spiro atoms. The van der Waals surface area contributed by atoms with E-state index in [-0.39, 0.29) is 16.7 Å². The average molecular weight is 422 g/mol. The van der Waals surface area contributed by atoms with Crippen LogP contribution in [0.4, 0.5) is 11.4 Å². The van der Waals surface area contributed by atoms with Crippen molar-refractivity contribution >= 4 is 11.4 Å². The molecule has 0 radical (unpaired) electrons. The van der Waals surface area contributed by atoms with Gasteiger partial charge in [-0.1, -0.05) is 91.0 Å². The molecule has 0 bridgehead atoms. The first-order valence-corrected chi connectivity index (χ1v) is 10.6. The quantitative estimate of drug-likeness (QED) is 0.275. The Morgan fingerprint density at radius 3 is 1.75 bits per heavy atom. The van der Waals surface area contributed by atoms with Gasteiger partial charge in [0.2, 0.25) is 0 Å². The fraction of sp³-hybridized carbons (Fsp3) is 0.111. The van der Waals surface area contributed by atoms with Crippen molar-refractivity contribution in [2.45, 2.75) is 18.1 Å². The van der Waals surface area contributed by atoms with Gasteiger partial charge in [-0.3, -0.25) is 15.0 Å². The Hall–Kier alpha value is -3.96. The minimum atomic E-state index is -0.690. The van der Waals surface area contributed by atoms with E-state index in [0.717, 1.165) is 22.4 Å². The van der Waals surface area contributed by atoms with Crippen molar-refractivity contribution in [3.63, 3.8) is 0 Å². The monoisotopic (exact) mass is 422 g/mol. The lowest BCUT2D eigenvalue weighted by molar-refractivity contribution is -0.384. The first-order chi connectivity index (χ1) is 15.7. The predicted octanol–water partition coefficient (Wildman–Crippen LogP) is 6.42. The van der Waals surface area contributed by atoms with Crippen LogP contribution >= 0.6 is 0 Å². The molecule has 0 amide bonds. The number of nitro benzene ring substituents is 1. The number of hydroxylamine groups is 1. The predicted molar refractivity (Wildman–Crippen MR) is 124 cm³/mol. The van der Waals surface area contributed by atoms with Gasteiger partial charge in [0.15, 0.2) is 0 Å². The molecule has 0 saturated carbocycles. The molecule has 1 fully saturated rings. The molecule has 5 nitrogen and oxygen atoms in total. The molecule has 1 aliphatic rings. The van der Waals surface area contributed by atoms with Crippen LogP contribution in [0.3, 0.4) is 0 Å². The van der Waals surface area contributed by atoms with Crippen LogP contribution in [0.15, 0.2) is 115 Å². The molecule has 32 heavy (non-hydrogen) atoms. The van der Waals surface area contributed by atoms with Gasteiger partial charge in [0.05, 0.1) is 16.7 Å². The van der Waals surface area contributed by atoms with Crippen LogP contribution in [0.5, 0.6) is 0 Å². The zero-order valence-corrected chi connectivity index (χ0v) is 17.4. The lowest BCUT2D eigenvalue weighted by Crippen LogP contribution is -2.30. The topological polar surface area (TPSA) is 55.6 Å². The lowest BCUT2D eigenvalue weighted by atomic mass is 9.81. The Morgan fingerprint density at radius 2 is 1.25 bits per heavy atom. The summed E-state index contributed by atoms with van der Waals surface area (Å²) in [6.45, 7) is 0. The average Bonchev–Trinajstić information content (AvgIpc) is 3.28. The number of hydrogen-bond donors (Lipinski definition) is 0. The van der Waals surface area contributed by atoms with Crippen LogP contribution in [0.25, 0.3) is 0 Å². The maximum Gasteiger partial charge on any atom is 0.269 e. The van der Waals surface area contributed by atoms with Crippen molar-refractivity contribution in [2.24, 2.45) is 0 Å². The SMILES string of the molecule is O=[N+]([O-])c1ccc(C2CC(c3ccccc3)(c3ccccc3)ON2c2ccccc2)cc1. The standard InChI is InChI=1S/C27H22N2O3/c30-29(31)25-18-16-21(17-19-25)26-20-27(22-10-4-1-5-11-22,23-12-6-2-7-13-23)32-28(26)24-14-8-3-9-15-24/h1-19,26H,20H2. The molecule has 0 aromatic heterocycles. The second kappa shape index (κ2) is 8.29. The van der Waals surface area contributed by atoms with E-state index < -0.39 is 5.60 Å². The molecule has 5 rings (SSSR count). The number of anilines is 1. The van der Waals surface area contributed by atoms with Gasteiger partial charge in [-0.2, -0.15) is 0 Å². The van der Waals surface area contributed by atoms with E-state index in [2.05, 4.69) is 24.3 Å². The van der Waals surface area contributed by atoms with Crippen LogP contribution < -0.4 is 5.06 Å². The Morgan fingerprint density at radius 1 is 0.750 bits per heavy atom. The van der Waals surface area contributed by atoms with Gasteiger partial charge in [0.1, 0.15) is 5.60 Å². The smallest absolute Gasteiger partial charge is 0.258 e. The number of nitro groups is 1. The molecule has 5 heteroatoms. The third kappa shape index (κ3) is 3.53. The summed E-state index contributed by atoms with van der Waals surface area (Å²) in [5.41, 5.74) is 3.42. The summed E-state index contributed by atoms with van der Waals surface area (Å²) in [6, 6.07) is 37.1. The van der Waals surface area contributed by atoms with E-state index in [1.54, 1.807) is 12.1 Å². The third-order valence-corrected chi connectivity index (χ3v) is 6.00. The number of benzene rings is 4. The van der Waals surface area contributed by atoms with E-state index in [1.165, 1.54) is 0 Å². The second-order valence-electron chi connectivity index (χ2n) is 7.88. The Labute approximate surface area is 186 Å². The van der Waals surface area contributed by atoms with E-state index in [1.807, 2.05) is 83.9 Å². The minimum Gasteiger partial charge on any atom is -0.258 e. The van der Waals surface area contributed by atoms with Crippen molar-refractivity contribution in [2.75, 3.05) is 5.06 Å². The van der Waals surface area contributed by atoms with Crippen molar-refractivity contribution in [1.29, 1.82) is 0 Å². The number of rotatable bonds is 5. The van der Waals surface area contributed by atoms with Crippen LogP contribution in [0, 0.1) is 10.1 Å². The van der Waals surface area contributed by atoms with Crippen LogP contribution in [0.2, 0.25) is 0 Å². The van der Waals surface area contributed by atoms with Crippen molar-refractivity contribution < 1.29 is 9.76 Å². The van der Waals surface area contributed by atoms with Crippen molar-refractivity contribution in [3.8, 4) is 0 Å². The lowest BCUT2D eigenvalue weighted by Gasteiger charge is -2.30. The van der Waals surface area contributed by atoms with Gasteiger partial charge in [-0.05, 0) is 28.8 Å². The highest BCUT2D eigenvalue weighted by Gasteiger charge is 2.49. The molecule has 158 valence electrons. The van der Waals surface area contributed by atoms with Gasteiger partial charge < -0.3 is 0 Å². The first-order valence-electron chi connectivity index (χ1n) is 10.6. The highest BCUT2D eigenvalue weighted by atomic mass is 16.7. The summed E-state index contributed by atoms with van der Waals surface area (Å²) >= 11 is 0. The first kappa shape index (κ1) is 20.0. The molecular formula is C27H22N2O3. The summed E-state index contributed by atoms with van der Waals surface area (Å²) in [5, 5.41) is 13.1. The van der Waals surface area contributed by atoms with Crippen molar-refractivity contribution in [1.82, 2.24) is 0 Å². The highest BCUT2D eigenvalue weighted by molar-refractivity contribution is 5.51. The molecule has 1 heterocycles. The zero-order valence-electron chi connectivity index (χ0n) is 17.4. The summed E-state index contributed by atoms with van der Waals surface area (Å²) in [7, 11) is 0. The summed E-state index contributed by atoms with van der Waals surface area (Å²) in [4.78, 5) is 17.6. The van der Waals surface area contributed by atoms with Crippen LogP contribution in [0.1, 0.15) is 29.2 Å². The highest BCUT2D eigenvalue weighted by Crippen LogP contribution is 2.51. The van der Waals surface area contributed by atoms with Gasteiger partial charge in [0, 0.05) is 18.6 Å². The van der Waals surface area contributed by atoms with E-state index in [9.17, 15) is 10.1 Å². The van der Waals surface area contributed by atoms with Crippen molar-refractivity contribution in [3.05, 3.63) is 142 Å². The Kier molecular flexibility index (Phi) is 5.17. The van der Waals surface area contributed by atoms with Gasteiger partial charge >= 0.3 is 0 Å². The summed E-state index contributed by atoms with van der Waals surface area (Å²) in [6.07, 6.45) is 0.660. The number of para-hydroxylation sites is 1. The Balaban J connectivity index is 1.66. The van der Waals surface area contributed by atoms with E-state index in [4.69, 9.17) is 4.84 Å². The molecule has 1 saturated heterocycles. The molecule has 0 aliphatic carbocycles. The van der Waals surface area contributed by atoms with Crippen LogP contribution in [-0.4, -0.2) is 4.92 Å². The molecule has 4 aromatic rings. The fourth-order valence-electron chi connectivity index (χ4n) is 4.43. The third-order valence-electron chi connectivity index (χ3n) is 6.00. The zero-order chi connectivity index (χ0) is 22.0. The molecule has 1 aliphatic heterocycles. The minimum absolute atomic E-state index is 0.0799. The Bertz CT molecular complexity index is 1160. The second-order valence-corrected chi connectivity index (χ2v) is 7.88. The molecule has 4 aromatic carbocycles. The number of non-ortho nitro benzene ring substituents is 1. The normalized spacial score (nSPS) is 17.2. The van der Waals surface area contributed by atoms with E-state index >= 15 is 0 Å². The molecular weight excluding hydrogens is 400 g/mol. The number of hydrogen-bond acceptors (Lipinski definition) is 4. The molecule has 0 N–H and O–H groups in total. The maximum atomic E-state index is 11.2. The van der Waals surface area contributed by atoms with E-state index in [0.29, 0.717) is 6.42 Å². The summed E-state index contributed by atoms with van der Waals surface area (Å²) < 4.78 is 0.